The summed E-state index contributed by atoms with van der Waals surface area (Å²) in [5.74, 6) is 1.49. The first kappa shape index (κ1) is 16.1. The van der Waals surface area contributed by atoms with Gasteiger partial charge in [-0.15, -0.1) is 0 Å². The fraction of sp³-hybridized carbons (Fsp3) is 1.00. The summed E-state index contributed by atoms with van der Waals surface area (Å²) >= 11 is 0. The molecule has 0 amide bonds. The molecular weight excluding hydrogens is 216 g/mol. The Kier molecular flexibility index (Phi) is 9.22. The van der Waals surface area contributed by atoms with E-state index in [-0.39, 0.29) is 0 Å². The van der Waals surface area contributed by atoms with Crippen LogP contribution in [0.25, 0.3) is 0 Å². The van der Waals surface area contributed by atoms with Crippen LogP contribution in [0.15, 0.2) is 0 Å². The molecule has 0 heterocycles. The van der Waals surface area contributed by atoms with Gasteiger partial charge in [-0.2, -0.15) is 0 Å². The fourth-order valence-corrected chi connectivity index (χ4v) is 3.33. The molecule has 3 nitrogen and oxygen atoms in total. The van der Waals surface area contributed by atoms with Crippen molar-refractivity contribution < 1.29 is 4.43 Å². The summed E-state index contributed by atoms with van der Waals surface area (Å²) in [6.45, 7) is 12.7. The molecule has 0 rings (SSSR count). The van der Waals surface area contributed by atoms with Gasteiger partial charge < -0.3 is 14.3 Å². The minimum atomic E-state index is -1.13. The summed E-state index contributed by atoms with van der Waals surface area (Å²) in [6.07, 6.45) is 0. The lowest BCUT2D eigenvalue weighted by molar-refractivity contribution is 0.226. The van der Waals surface area contributed by atoms with Crippen LogP contribution >= 0.6 is 0 Å². The molecule has 0 aromatic carbocycles. The largest absolute Gasteiger partial charge is 0.409 e. The van der Waals surface area contributed by atoms with Crippen molar-refractivity contribution in [1.82, 2.24) is 9.88 Å². The van der Waals surface area contributed by atoms with Crippen LogP contribution in [-0.2, 0) is 4.43 Å². The normalized spacial score (nSPS) is 14.1. The molecule has 0 radical (unpaired) electrons. The summed E-state index contributed by atoms with van der Waals surface area (Å²) < 4.78 is 5.46. The van der Waals surface area contributed by atoms with E-state index in [9.17, 15) is 0 Å². The van der Waals surface area contributed by atoms with Gasteiger partial charge in [-0.05, 0) is 31.5 Å². The summed E-state index contributed by atoms with van der Waals surface area (Å²) in [7, 11) is 2.70. The van der Waals surface area contributed by atoms with Gasteiger partial charge in [0.15, 0.2) is 0 Å². The van der Waals surface area contributed by atoms with Crippen LogP contribution < -0.4 is 4.98 Å². The number of nitrogens with one attached hydrogen (secondary N) is 1. The molecule has 0 spiro atoms. The van der Waals surface area contributed by atoms with Crippen molar-refractivity contribution in [2.24, 2.45) is 11.8 Å². The summed E-state index contributed by atoms with van der Waals surface area (Å²) in [4.78, 5) is 5.88. The third kappa shape index (κ3) is 8.27. The third-order valence-electron chi connectivity index (χ3n) is 2.56. The molecule has 0 aromatic rings. The molecule has 0 fully saturated rings. The van der Waals surface area contributed by atoms with Gasteiger partial charge >= 0.3 is 0 Å². The van der Waals surface area contributed by atoms with E-state index in [1.54, 1.807) is 0 Å². The van der Waals surface area contributed by atoms with Crippen molar-refractivity contribution in [3.8, 4) is 0 Å². The van der Waals surface area contributed by atoms with Gasteiger partial charge in [0.25, 0.3) is 9.20 Å². The summed E-state index contributed by atoms with van der Waals surface area (Å²) in [5.41, 5.74) is 0. The van der Waals surface area contributed by atoms with Crippen molar-refractivity contribution in [2.75, 3.05) is 33.8 Å². The van der Waals surface area contributed by atoms with Crippen LogP contribution in [0.4, 0.5) is 0 Å². The molecule has 0 saturated carbocycles. The van der Waals surface area contributed by atoms with Crippen LogP contribution in [0.3, 0.4) is 0 Å². The van der Waals surface area contributed by atoms with Gasteiger partial charge in [0.05, 0.1) is 0 Å². The van der Waals surface area contributed by atoms with Crippen LogP contribution in [0.5, 0.6) is 0 Å². The smallest absolute Gasteiger partial charge is 0.252 e. The predicted molar refractivity (Wildman–Crippen MR) is 74.1 cm³/mol. The number of hydrogen-bond acceptors (Lipinski definition) is 3. The van der Waals surface area contributed by atoms with Crippen molar-refractivity contribution in [3.63, 3.8) is 0 Å². The topological polar surface area (TPSA) is 24.5 Å². The van der Waals surface area contributed by atoms with Crippen LogP contribution in [0.2, 0.25) is 6.04 Å². The first-order valence-electron chi connectivity index (χ1n) is 6.42. The highest BCUT2D eigenvalue weighted by atomic mass is 28.3. The third-order valence-corrected chi connectivity index (χ3v) is 4.56. The highest BCUT2D eigenvalue weighted by Gasteiger charge is 2.13. The molecule has 0 aliphatic rings. The molecule has 0 bridgehead atoms. The lowest BCUT2D eigenvalue weighted by Gasteiger charge is -2.27. The standard InChI is InChI=1S/C12H30N2OSi/c1-11(2)9-14(10-12(3)4)7-8-16(13-5)15-6/h11-13,16H,7-10H2,1-6H3. The second-order valence-corrected chi connectivity index (χ2v) is 7.95. The lowest BCUT2D eigenvalue weighted by Crippen LogP contribution is -2.39. The first-order valence-corrected chi connectivity index (χ1v) is 8.28. The molecule has 1 N–H and O–H groups in total. The minimum Gasteiger partial charge on any atom is -0.409 e. The van der Waals surface area contributed by atoms with E-state index in [0.29, 0.717) is 0 Å². The van der Waals surface area contributed by atoms with E-state index in [1.165, 1.54) is 25.7 Å². The molecular formula is C12H30N2OSi. The molecule has 4 heteroatoms. The average Bonchev–Trinajstić information content (AvgIpc) is 2.17. The SMILES string of the molecule is CN[SiH](CCN(CC(C)C)CC(C)C)OC. The zero-order chi connectivity index (χ0) is 12.6. The van der Waals surface area contributed by atoms with Crippen molar-refractivity contribution in [1.29, 1.82) is 0 Å². The Morgan fingerprint density at radius 2 is 1.62 bits per heavy atom. The van der Waals surface area contributed by atoms with Gasteiger partial charge in [-0.3, -0.25) is 0 Å². The van der Waals surface area contributed by atoms with Gasteiger partial charge in [0.2, 0.25) is 0 Å². The molecule has 0 aromatic heterocycles. The van der Waals surface area contributed by atoms with Gasteiger partial charge in [-0.25, -0.2) is 0 Å². The van der Waals surface area contributed by atoms with Crippen molar-refractivity contribution in [2.45, 2.75) is 33.7 Å². The van der Waals surface area contributed by atoms with Crippen LogP contribution in [0.1, 0.15) is 27.7 Å². The first-order chi connectivity index (χ1) is 7.49. The monoisotopic (exact) mass is 246 g/mol. The van der Waals surface area contributed by atoms with E-state index in [2.05, 4.69) is 37.6 Å². The highest BCUT2D eigenvalue weighted by molar-refractivity contribution is 6.48. The molecule has 16 heavy (non-hydrogen) atoms. The van der Waals surface area contributed by atoms with E-state index in [1.807, 2.05) is 14.2 Å². The second-order valence-electron chi connectivity index (χ2n) is 5.35. The average molecular weight is 246 g/mol. The Hall–Kier alpha value is 0.0969. The molecule has 98 valence electrons. The maximum atomic E-state index is 5.46. The van der Waals surface area contributed by atoms with Crippen LogP contribution in [0, 0.1) is 11.8 Å². The Balaban J connectivity index is 3.99. The van der Waals surface area contributed by atoms with Gasteiger partial charge in [0, 0.05) is 20.2 Å². The van der Waals surface area contributed by atoms with Gasteiger partial charge in [0.1, 0.15) is 0 Å². The zero-order valence-electron chi connectivity index (χ0n) is 11.9. The Morgan fingerprint density at radius 3 is 1.94 bits per heavy atom. The van der Waals surface area contributed by atoms with Crippen molar-refractivity contribution in [3.05, 3.63) is 0 Å². The Bertz CT molecular complexity index is 151. The molecule has 0 aliphatic carbocycles. The zero-order valence-corrected chi connectivity index (χ0v) is 13.1. The van der Waals surface area contributed by atoms with E-state index in [0.717, 1.165) is 11.8 Å². The summed E-state index contributed by atoms with van der Waals surface area (Å²) in [6, 6.07) is 1.19. The highest BCUT2D eigenvalue weighted by Crippen LogP contribution is 2.05. The fourth-order valence-electron chi connectivity index (χ4n) is 1.97. The molecule has 1 atom stereocenters. The molecule has 0 saturated heterocycles. The second kappa shape index (κ2) is 9.16. The minimum absolute atomic E-state index is 0.746. The van der Waals surface area contributed by atoms with Gasteiger partial charge in [-0.1, -0.05) is 27.7 Å². The van der Waals surface area contributed by atoms with E-state index < -0.39 is 9.20 Å². The van der Waals surface area contributed by atoms with Crippen molar-refractivity contribution >= 4 is 9.20 Å². The van der Waals surface area contributed by atoms with E-state index >= 15 is 0 Å². The maximum Gasteiger partial charge on any atom is 0.252 e. The molecule has 1 unspecified atom stereocenters. The number of hydrogen-bond donors (Lipinski definition) is 1. The summed E-state index contributed by atoms with van der Waals surface area (Å²) in [5, 5.41) is 0. The number of nitrogens with zero attached hydrogens (tertiary/aromatic N) is 1. The predicted octanol–water partition coefficient (Wildman–Crippen LogP) is 1.69. The molecule has 0 aliphatic heterocycles. The lowest BCUT2D eigenvalue weighted by atomic mass is 10.1. The van der Waals surface area contributed by atoms with Crippen LogP contribution in [-0.4, -0.2) is 47.9 Å². The van der Waals surface area contributed by atoms with E-state index in [4.69, 9.17) is 4.43 Å². The number of rotatable bonds is 9. The maximum absolute atomic E-state index is 5.46. The quantitative estimate of drug-likeness (QED) is 0.627. The Labute approximate surface area is 103 Å². The Morgan fingerprint density at radius 1 is 1.12 bits per heavy atom.